The summed E-state index contributed by atoms with van der Waals surface area (Å²) in [6.07, 6.45) is 0. The Morgan fingerprint density at radius 3 is 2.43 bits per heavy atom. The van der Waals surface area contributed by atoms with Crippen molar-refractivity contribution in [2.75, 3.05) is 19.7 Å². The molecule has 1 heterocycles. The van der Waals surface area contributed by atoms with Gasteiger partial charge < -0.3 is 9.64 Å². The minimum atomic E-state index is -0.455. The maximum atomic E-state index is 13.1. The first-order valence-electron chi connectivity index (χ1n) is 9.19. The monoisotopic (exact) mass is 408 g/mol. The summed E-state index contributed by atoms with van der Waals surface area (Å²) in [5.74, 6) is -0.557. The summed E-state index contributed by atoms with van der Waals surface area (Å²) in [5, 5.41) is 0.137. The van der Waals surface area contributed by atoms with Crippen molar-refractivity contribution < 1.29 is 18.3 Å². The van der Waals surface area contributed by atoms with Gasteiger partial charge in [-0.1, -0.05) is 23.7 Å². The van der Waals surface area contributed by atoms with Gasteiger partial charge in [-0.3, -0.25) is 9.69 Å². The molecule has 4 nitrogen and oxygen atoms in total. The molecule has 0 N–H and O–H groups in total. The fraction of sp³-hybridized carbons (Fsp3) is 0.381. The predicted octanol–water partition coefficient (Wildman–Crippen LogP) is 4.12. The summed E-state index contributed by atoms with van der Waals surface area (Å²) in [4.78, 5) is 16.7. The van der Waals surface area contributed by atoms with Crippen molar-refractivity contribution in [1.29, 1.82) is 0 Å². The Bertz CT molecular complexity index is 832. The molecule has 0 bridgehead atoms. The molecule has 0 radical (unpaired) electrons. The van der Waals surface area contributed by atoms with Crippen LogP contribution in [0.15, 0.2) is 42.5 Å². The molecule has 1 saturated heterocycles. The molecule has 28 heavy (non-hydrogen) atoms. The Morgan fingerprint density at radius 1 is 1.07 bits per heavy atom. The molecule has 0 unspecified atom stereocenters. The second-order valence-corrected chi connectivity index (χ2v) is 7.57. The zero-order chi connectivity index (χ0) is 20.3. The average molecular weight is 409 g/mol. The van der Waals surface area contributed by atoms with E-state index in [9.17, 15) is 13.6 Å². The van der Waals surface area contributed by atoms with Crippen LogP contribution in [0.25, 0.3) is 0 Å². The van der Waals surface area contributed by atoms with Gasteiger partial charge in [0.05, 0.1) is 5.02 Å². The van der Waals surface area contributed by atoms with Crippen LogP contribution in [0, 0.1) is 11.6 Å². The third kappa shape index (κ3) is 5.00. The van der Waals surface area contributed by atoms with Crippen molar-refractivity contribution in [1.82, 2.24) is 9.80 Å². The molecule has 1 amide bonds. The molecule has 2 atom stereocenters. The molecule has 0 saturated carbocycles. The van der Waals surface area contributed by atoms with Crippen LogP contribution >= 0.6 is 11.6 Å². The van der Waals surface area contributed by atoms with Crippen LogP contribution in [0.5, 0.6) is 5.75 Å². The summed E-state index contributed by atoms with van der Waals surface area (Å²) in [7, 11) is 0. The lowest BCUT2D eigenvalue weighted by Crippen LogP contribution is -2.58. The summed E-state index contributed by atoms with van der Waals surface area (Å²) in [6, 6.07) is 10.5. The van der Waals surface area contributed by atoms with Gasteiger partial charge in [-0.25, -0.2) is 8.78 Å². The van der Waals surface area contributed by atoms with E-state index in [1.54, 1.807) is 17.0 Å². The van der Waals surface area contributed by atoms with Crippen LogP contribution < -0.4 is 4.74 Å². The van der Waals surface area contributed by atoms with Gasteiger partial charge in [-0.05, 0) is 49.7 Å². The van der Waals surface area contributed by atoms with Crippen molar-refractivity contribution in [2.45, 2.75) is 32.5 Å². The standard InChI is InChI=1S/C21H23ClF2N2O2/c1-14-11-26(21(27)13-28-20-8-7-18(24)9-19(20)22)15(2)10-25(14)12-16-3-5-17(23)6-4-16/h3-9,14-15H,10-13H2,1-2H3/t14-,15+/m1/s1. The molecule has 1 aliphatic heterocycles. The molecule has 2 aromatic carbocycles. The average Bonchev–Trinajstić information content (AvgIpc) is 2.65. The molecule has 2 aromatic rings. The fourth-order valence-corrected chi connectivity index (χ4v) is 3.63. The number of carbonyl (C=O) groups is 1. The van der Waals surface area contributed by atoms with E-state index in [0.717, 1.165) is 11.6 Å². The van der Waals surface area contributed by atoms with Crippen LogP contribution in [-0.2, 0) is 11.3 Å². The lowest BCUT2D eigenvalue weighted by Gasteiger charge is -2.44. The van der Waals surface area contributed by atoms with E-state index in [4.69, 9.17) is 16.3 Å². The number of ether oxygens (including phenoxy) is 1. The van der Waals surface area contributed by atoms with E-state index < -0.39 is 5.82 Å². The van der Waals surface area contributed by atoms with Crippen LogP contribution in [-0.4, -0.2) is 47.5 Å². The lowest BCUT2D eigenvalue weighted by molar-refractivity contribution is -0.139. The summed E-state index contributed by atoms with van der Waals surface area (Å²) < 4.78 is 31.7. The van der Waals surface area contributed by atoms with E-state index in [1.807, 2.05) is 6.92 Å². The minimum Gasteiger partial charge on any atom is -0.482 e. The van der Waals surface area contributed by atoms with Crippen molar-refractivity contribution in [2.24, 2.45) is 0 Å². The molecule has 0 aromatic heterocycles. The smallest absolute Gasteiger partial charge is 0.260 e. The van der Waals surface area contributed by atoms with Crippen molar-refractivity contribution in [3.8, 4) is 5.75 Å². The Balaban J connectivity index is 1.57. The predicted molar refractivity (Wildman–Crippen MR) is 104 cm³/mol. The lowest BCUT2D eigenvalue weighted by atomic mass is 10.1. The van der Waals surface area contributed by atoms with Gasteiger partial charge in [0.1, 0.15) is 17.4 Å². The van der Waals surface area contributed by atoms with Crippen LogP contribution in [0.4, 0.5) is 8.78 Å². The van der Waals surface area contributed by atoms with Gasteiger partial charge in [0.15, 0.2) is 6.61 Å². The third-order valence-electron chi connectivity index (χ3n) is 4.98. The second kappa shape index (κ2) is 8.88. The van der Waals surface area contributed by atoms with E-state index in [0.29, 0.717) is 19.6 Å². The van der Waals surface area contributed by atoms with Gasteiger partial charge >= 0.3 is 0 Å². The fourth-order valence-electron chi connectivity index (χ4n) is 3.40. The maximum Gasteiger partial charge on any atom is 0.260 e. The number of benzene rings is 2. The number of piperazine rings is 1. The number of hydrogen-bond acceptors (Lipinski definition) is 3. The number of amides is 1. The van der Waals surface area contributed by atoms with Crippen molar-refractivity contribution >= 4 is 17.5 Å². The number of rotatable bonds is 5. The first kappa shape index (κ1) is 20.6. The van der Waals surface area contributed by atoms with Crippen LogP contribution in [0.2, 0.25) is 5.02 Å². The highest BCUT2D eigenvalue weighted by molar-refractivity contribution is 6.32. The van der Waals surface area contributed by atoms with Gasteiger partial charge in [0.25, 0.3) is 5.91 Å². The molecule has 7 heteroatoms. The zero-order valence-corrected chi connectivity index (χ0v) is 16.6. The molecule has 0 spiro atoms. The first-order chi connectivity index (χ1) is 13.3. The summed E-state index contributed by atoms with van der Waals surface area (Å²) in [6.45, 7) is 5.89. The maximum absolute atomic E-state index is 13.1. The van der Waals surface area contributed by atoms with E-state index in [-0.39, 0.29) is 41.2 Å². The van der Waals surface area contributed by atoms with E-state index >= 15 is 0 Å². The van der Waals surface area contributed by atoms with E-state index in [2.05, 4.69) is 11.8 Å². The Labute approximate surface area is 168 Å². The number of halogens is 3. The minimum absolute atomic E-state index is 0.0106. The molecular formula is C21H23ClF2N2O2. The summed E-state index contributed by atoms with van der Waals surface area (Å²) in [5.41, 5.74) is 1.04. The quantitative estimate of drug-likeness (QED) is 0.746. The molecule has 0 aliphatic carbocycles. The van der Waals surface area contributed by atoms with Crippen molar-refractivity contribution in [3.05, 3.63) is 64.7 Å². The van der Waals surface area contributed by atoms with Crippen molar-refractivity contribution in [3.63, 3.8) is 0 Å². The van der Waals surface area contributed by atoms with E-state index in [1.165, 1.54) is 24.3 Å². The Kier molecular flexibility index (Phi) is 6.52. The summed E-state index contributed by atoms with van der Waals surface area (Å²) >= 11 is 5.94. The number of nitrogens with zero attached hydrogens (tertiary/aromatic N) is 2. The van der Waals surface area contributed by atoms with Crippen LogP contribution in [0.3, 0.4) is 0 Å². The zero-order valence-electron chi connectivity index (χ0n) is 15.9. The normalized spacial score (nSPS) is 20.2. The molecule has 150 valence electrons. The van der Waals surface area contributed by atoms with Gasteiger partial charge in [0.2, 0.25) is 0 Å². The highest BCUT2D eigenvalue weighted by Gasteiger charge is 2.32. The van der Waals surface area contributed by atoms with Gasteiger partial charge in [0, 0.05) is 31.7 Å². The Morgan fingerprint density at radius 2 is 1.75 bits per heavy atom. The number of hydrogen-bond donors (Lipinski definition) is 0. The molecular weight excluding hydrogens is 386 g/mol. The third-order valence-corrected chi connectivity index (χ3v) is 5.27. The SMILES string of the molecule is C[C@@H]1CN(C(=O)COc2ccc(F)cc2Cl)[C@@H](C)CN1Cc1ccc(F)cc1. The molecule has 3 rings (SSSR count). The topological polar surface area (TPSA) is 32.8 Å². The molecule has 1 fully saturated rings. The number of carbonyl (C=O) groups excluding carboxylic acids is 1. The van der Waals surface area contributed by atoms with Crippen LogP contribution in [0.1, 0.15) is 19.4 Å². The van der Waals surface area contributed by atoms with Gasteiger partial charge in [-0.2, -0.15) is 0 Å². The first-order valence-corrected chi connectivity index (χ1v) is 9.57. The largest absolute Gasteiger partial charge is 0.482 e. The molecule has 1 aliphatic rings. The highest BCUT2D eigenvalue weighted by atomic mass is 35.5. The second-order valence-electron chi connectivity index (χ2n) is 7.16. The van der Waals surface area contributed by atoms with Gasteiger partial charge in [-0.15, -0.1) is 0 Å². The highest BCUT2D eigenvalue weighted by Crippen LogP contribution is 2.25. The Hall–Kier alpha value is -2.18.